The summed E-state index contributed by atoms with van der Waals surface area (Å²) in [5.41, 5.74) is 0.742. The average molecular weight is 554 g/mol. The molecule has 0 saturated heterocycles. The highest BCUT2D eigenvalue weighted by Gasteiger charge is 2.44. The van der Waals surface area contributed by atoms with Crippen LogP contribution in [0.3, 0.4) is 0 Å². The molecule has 0 aliphatic carbocycles. The molecule has 3 N–H and O–H groups in total. The number of methoxy groups -OCH3 is 1. The summed E-state index contributed by atoms with van der Waals surface area (Å²) in [5, 5.41) is 25.5. The van der Waals surface area contributed by atoms with Crippen LogP contribution >= 0.6 is 0 Å². The number of benzene rings is 3. The highest BCUT2D eigenvalue weighted by Crippen LogP contribution is 2.57. The number of hydrogen-bond donors (Lipinski definition) is 3. The first kappa shape index (κ1) is 26.5. The van der Waals surface area contributed by atoms with Gasteiger partial charge in [-0.2, -0.15) is 0 Å². The average Bonchev–Trinajstić information content (AvgIpc) is 3.30. The number of carbonyl (C=O) groups excluding carboxylic acids is 1. The molecule has 0 amide bonds. The fourth-order valence-corrected chi connectivity index (χ4v) is 6.17. The molecular weight excluding hydrogens is 522 g/mol. The van der Waals surface area contributed by atoms with Crippen LogP contribution in [0.15, 0.2) is 64.3 Å². The number of para-hydroxylation sites is 1. The molecule has 1 unspecified atom stereocenters. The summed E-state index contributed by atoms with van der Waals surface area (Å²) in [4.78, 5) is 28.9. The predicted molar refractivity (Wildman–Crippen MR) is 157 cm³/mol. The molecule has 8 heteroatoms. The van der Waals surface area contributed by atoms with Crippen molar-refractivity contribution in [3.63, 3.8) is 0 Å². The Balaban J connectivity index is 1.78. The molecule has 0 radical (unpaired) electrons. The van der Waals surface area contributed by atoms with E-state index in [0.29, 0.717) is 45.1 Å². The van der Waals surface area contributed by atoms with Gasteiger partial charge in [0.15, 0.2) is 0 Å². The number of carbonyl (C=O) groups is 1. The van der Waals surface area contributed by atoms with E-state index in [4.69, 9.17) is 13.9 Å². The third-order valence-electron chi connectivity index (χ3n) is 8.19. The van der Waals surface area contributed by atoms with Gasteiger partial charge in [-0.25, -0.2) is 9.59 Å². The van der Waals surface area contributed by atoms with Crippen LogP contribution in [0.25, 0.3) is 32.8 Å². The van der Waals surface area contributed by atoms with Crippen LogP contribution < -0.4 is 10.4 Å². The Labute approximate surface area is 235 Å². The van der Waals surface area contributed by atoms with Gasteiger partial charge in [0.25, 0.3) is 0 Å². The number of H-pyrrole nitrogens is 1. The quantitative estimate of drug-likeness (QED) is 0.127. The van der Waals surface area contributed by atoms with Crippen molar-refractivity contribution in [2.45, 2.75) is 51.0 Å². The van der Waals surface area contributed by atoms with E-state index in [-0.39, 0.29) is 22.6 Å². The molecule has 0 bridgehead atoms. The molecule has 5 aromatic rings. The van der Waals surface area contributed by atoms with Gasteiger partial charge in [0.2, 0.25) is 0 Å². The minimum absolute atomic E-state index is 0.114. The second kappa shape index (κ2) is 8.89. The molecule has 3 aromatic carbocycles. The smallest absolute Gasteiger partial charge is 0.338 e. The lowest BCUT2D eigenvalue weighted by Crippen LogP contribution is -2.37. The molecule has 41 heavy (non-hydrogen) atoms. The van der Waals surface area contributed by atoms with Gasteiger partial charge in [0.1, 0.15) is 28.4 Å². The lowest BCUT2D eigenvalue weighted by atomic mass is 9.73. The first-order chi connectivity index (χ1) is 19.4. The minimum atomic E-state index is -0.811. The van der Waals surface area contributed by atoms with E-state index in [1.165, 1.54) is 19.2 Å². The van der Waals surface area contributed by atoms with Crippen LogP contribution in [0.2, 0.25) is 0 Å². The van der Waals surface area contributed by atoms with Gasteiger partial charge >= 0.3 is 11.6 Å². The van der Waals surface area contributed by atoms with E-state index in [1.54, 1.807) is 12.1 Å². The monoisotopic (exact) mass is 553 g/mol. The van der Waals surface area contributed by atoms with Crippen LogP contribution in [0.4, 0.5) is 0 Å². The molecule has 2 aromatic heterocycles. The highest BCUT2D eigenvalue weighted by atomic mass is 16.5. The number of aromatic nitrogens is 1. The number of rotatable bonds is 4. The van der Waals surface area contributed by atoms with E-state index in [2.05, 4.69) is 11.6 Å². The molecule has 0 saturated carbocycles. The van der Waals surface area contributed by atoms with Gasteiger partial charge in [0, 0.05) is 50.4 Å². The fourth-order valence-electron chi connectivity index (χ4n) is 6.17. The number of nitrogens with one attached hydrogen (secondary N) is 1. The first-order valence-electron chi connectivity index (χ1n) is 13.4. The van der Waals surface area contributed by atoms with Gasteiger partial charge in [-0.1, -0.05) is 38.1 Å². The number of ether oxygens (including phenoxy) is 2. The molecule has 8 nitrogen and oxygen atoms in total. The molecule has 0 spiro atoms. The Kier molecular flexibility index (Phi) is 5.75. The molecule has 1 aliphatic rings. The summed E-state index contributed by atoms with van der Waals surface area (Å²) in [6, 6.07) is 12.1. The summed E-state index contributed by atoms with van der Waals surface area (Å²) in [5.74, 6) is -1.27. The Bertz CT molecular complexity index is 1980. The van der Waals surface area contributed by atoms with Gasteiger partial charge in [-0.15, -0.1) is 6.58 Å². The maximum atomic E-state index is 13.3. The van der Waals surface area contributed by atoms with Crippen molar-refractivity contribution in [1.82, 2.24) is 4.98 Å². The Morgan fingerprint density at radius 1 is 1.10 bits per heavy atom. The molecule has 210 valence electrons. The van der Waals surface area contributed by atoms with Crippen LogP contribution in [-0.4, -0.2) is 33.9 Å². The van der Waals surface area contributed by atoms with E-state index < -0.39 is 28.5 Å². The second-order valence-corrected chi connectivity index (χ2v) is 11.8. The van der Waals surface area contributed by atoms with Crippen molar-refractivity contribution in [3.05, 3.63) is 87.8 Å². The van der Waals surface area contributed by atoms with Crippen LogP contribution in [-0.2, 0) is 10.2 Å². The van der Waals surface area contributed by atoms with Crippen LogP contribution in [0.5, 0.6) is 17.2 Å². The van der Waals surface area contributed by atoms with E-state index >= 15 is 0 Å². The zero-order valence-electron chi connectivity index (χ0n) is 23.5. The van der Waals surface area contributed by atoms with Gasteiger partial charge < -0.3 is 29.1 Å². The maximum Gasteiger partial charge on any atom is 0.338 e. The predicted octanol–water partition coefficient (Wildman–Crippen LogP) is 6.78. The number of aromatic amines is 1. The normalized spacial score (nSPS) is 16.5. The summed E-state index contributed by atoms with van der Waals surface area (Å²) < 4.78 is 17.4. The van der Waals surface area contributed by atoms with Crippen molar-refractivity contribution < 1.29 is 28.9 Å². The number of fused-ring (bicyclic) bond motifs is 5. The molecular formula is C33H31NO7. The van der Waals surface area contributed by atoms with Gasteiger partial charge in [-0.3, -0.25) is 0 Å². The van der Waals surface area contributed by atoms with Crippen molar-refractivity contribution in [1.29, 1.82) is 0 Å². The van der Waals surface area contributed by atoms with Crippen molar-refractivity contribution in [3.8, 4) is 17.2 Å². The number of aromatic hydroxyl groups is 2. The van der Waals surface area contributed by atoms with Crippen molar-refractivity contribution >= 4 is 38.7 Å². The number of phenolic OH excluding ortho intramolecular Hbond substituents is 2. The van der Waals surface area contributed by atoms with Crippen LogP contribution in [0.1, 0.15) is 67.1 Å². The van der Waals surface area contributed by atoms with Gasteiger partial charge in [0.05, 0.1) is 23.6 Å². The number of allylic oxidation sites excluding steroid dienone is 1. The summed E-state index contributed by atoms with van der Waals surface area (Å²) >= 11 is 0. The highest BCUT2D eigenvalue weighted by molar-refractivity contribution is 6.12. The Morgan fingerprint density at radius 3 is 2.54 bits per heavy atom. The summed E-state index contributed by atoms with van der Waals surface area (Å²) in [7, 11) is 1.29. The van der Waals surface area contributed by atoms with E-state index in [9.17, 15) is 19.8 Å². The second-order valence-electron chi connectivity index (χ2n) is 11.8. The summed E-state index contributed by atoms with van der Waals surface area (Å²) in [6.07, 6.45) is 2.03. The number of esters is 1. The Morgan fingerprint density at radius 2 is 1.83 bits per heavy atom. The topological polar surface area (TPSA) is 122 Å². The standard InChI is InChI=1S/C33H31NO7/c1-7-32(2,3)25-29-17(12-13-22(35)40-29)27(36)24-20(15-33(4,5)41-30(24)25)23-19(31(38)39-6)14-18-16-10-8-9-11-21(16)34-26(18)28(23)37/h7-14,20,34,36-37H,1,15H2,2-6H3. The van der Waals surface area contributed by atoms with Crippen molar-refractivity contribution in [2.75, 3.05) is 7.11 Å². The first-order valence-corrected chi connectivity index (χ1v) is 13.4. The maximum absolute atomic E-state index is 13.3. The third-order valence-corrected chi connectivity index (χ3v) is 8.19. The zero-order valence-corrected chi connectivity index (χ0v) is 23.5. The number of phenols is 2. The third kappa shape index (κ3) is 3.89. The number of hydrogen-bond acceptors (Lipinski definition) is 7. The lowest BCUT2D eigenvalue weighted by molar-refractivity contribution is 0.0588. The fraction of sp³-hybridized carbons (Fsp3) is 0.273. The minimum Gasteiger partial charge on any atom is -0.507 e. The summed E-state index contributed by atoms with van der Waals surface area (Å²) in [6.45, 7) is 11.6. The van der Waals surface area contributed by atoms with Gasteiger partial charge in [-0.05, 0) is 38.5 Å². The molecule has 6 rings (SSSR count). The lowest BCUT2D eigenvalue weighted by Gasteiger charge is -2.41. The zero-order chi connectivity index (χ0) is 29.4. The van der Waals surface area contributed by atoms with Crippen molar-refractivity contribution in [2.24, 2.45) is 0 Å². The van der Waals surface area contributed by atoms with E-state index in [1.807, 2.05) is 52.0 Å². The largest absolute Gasteiger partial charge is 0.507 e. The molecule has 1 atom stereocenters. The molecule has 0 fully saturated rings. The SMILES string of the molecule is C=CC(C)(C)c1c2c(c(O)c3ccc(=O)oc13)C(c1c(C(=O)OC)cc3c([nH]c4ccccc43)c1O)CC(C)(C)O2. The van der Waals surface area contributed by atoms with E-state index in [0.717, 1.165) is 10.9 Å². The Hall–Kier alpha value is -4.72. The van der Waals surface area contributed by atoms with Crippen LogP contribution in [0, 0.1) is 0 Å². The molecule has 3 heterocycles. The molecule has 1 aliphatic heterocycles.